The van der Waals surface area contributed by atoms with Crippen LogP contribution >= 0.6 is 11.8 Å². The summed E-state index contributed by atoms with van der Waals surface area (Å²) in [5.41, 5.74) is 0. The molecule has 3 heterocycles. The van der Waals surface area contributed by atoms with Crippen LogP contribution in [0.4, 0.5) is 0 Å². The lowest BCUT2D eigenvalue weighted by Crippen LogP contribution is -2.42. The molecule has 8 heteroatoms. The van der Waals surface area contributed by atoms with Gasteiger partial charge in [0.2, 0.25) is 11.8 Å². The maximum Gasteiger partial charge on any atom is 0.242 e. The Hall–Kier alpha value is -1.54. The molecule has 0 spiro atoms. The van der Waals surface area contributed by atoms with Crippen LogP contribution in [0.25, 0.3) is 0 Å². The molecule has 0 N–H and O–H groups in total. The number of amides is 2. The predicted molar refractivity (Wildman–Crippen MR) is 88.7 cm³/mol. The van der Waals surface area contributed by atoms with E-state index in [0.29, 0.717) is 11.6 Å². The van der Waals surface area contributed by atoms with Gasteiger partial charge in [-0.1, -0.05) is 0 Å². The van der Waals surface area contributed by atoms with Gasteiger partial charge in [0, 0.05) is 45.6 Å². The van der Waals surface area contributed by atoms with Gasteiger partial charge < -0.3 is 14.4 Å². The minimum atomic E-state index is 0.0692. The van der Waals surface area contributed by atoms with Crippen LogP contribution in [0.1, 0.15) is 12.2 Å². The number of rotatable bonds is 4. The highest BCUT2D eigenvalue weighted by Crippen LogP contribution is 2.15. The van der Waals surface area contributed by atoms with E-state index in [-0.39, 0.29) is 18.4 Å². The maximum atomic E-state index is 12.4. The Morgan fingerprint density at radius 2 is 2.17 bits per heavy atom. The van der Waals surface area contributed by atoms with Gasteiger partial charge in [0.05, 0.1) is 18.2 Å². The molecule has 3 rings (SSSR count). The molecule has 0 aromatic carbocycles. The molecule has 23 heavy (non-hydrogen) atoms. The number of thioether (sulfide) groups is 1. The number of hydrogen-bond acceptors (Lipinski definition) is 5. The highest BCUT2D eigenvalue weighted by Gasteiger charge is 2.26. The van der Waals surface area contributed by atoms with E-state index >= 15 is 0 Å². The zero-order valence-corrected chi connectivity index (χ0v) is 14.3. The molecule has 1 aromatic rings. The Kier molecular flexibility index (Phi) is 5.22. The van der Waals surface area contributed by atoms with Crippen molar-refractivity contribution in [2.75, 3.05) is 44.4 Å². The van der Waals surface area contributed by atoms with Gasteiger partial charge in [-0.05, 0) is 6.42 Å². The molecule has 0 bridgehead atoms. The normalized spacial score (nSPS) is 20.1. The summed E-state index contributed by atoms with van der Waals surface area (Å²) < 4.78 is 2.03. The van der Waals surface area contributed by atoms with E-state index in [1.807, 2.05) is 28.9 Å². The van der Waals surface area contributed by atoms with Crippen molar-refractivity contribution >= 4 is 23.6 Å². The van der Waals surface area contributed by atoms with Gasteiger partial charge in [-0.25, -0.2) is 4.98 Å². The van der Waals surface area contributed by atoms with Gasteiger partial charge >= 0.3 is 0 Å². The van der Waals surface area contributed by atoms with Gasteiger partial charge in [0.1, 0.15) is 12.4 Å². The van der Waals surface area contributed by atoms with Crippen molar-refractivity contribution < 1.29 is 9.59 Å². The molecule has 0 radical (unpaired) electrons. The number of carbonyl (C=O) groups excluding carboxylic acids is 2. The first-order valence-corrected chi connectivity index (χ1v) is 9.11. The predicted octanol–water partition coefficient (Wildman–Crippen LogP) is -0.0127. The van der Waals surface area contributed by atoms with E-state index in [9.17, 15) is 9.59 Å². The van der Waals surface area contributed by atoms with E-state index in [2.05, 4.69) is 9.88 Å². The molecule has 2 aliphatic rings. The Morgan fingerprint density at radius 3 is 2.87 bits per heavy atom. The molecule has 0 unspecified atom stereocenters. The lowest BCUT2D eigenvalue weighted by Gasteiger charge is -2.24. The highest BCUT2D eigenvalue weighted by molar-refractivity contribution is 8.00. The fourth-order valence-electron chi connectivity index (χ4n) is 2.93. The average Bonchev–Trinajstić information content (AvgIpc) is 3.02. The van der Waals surface area contributed by atoms with Gasteiger partial charge in [0.25, 0.3) is 0 Å². The fraction of sp³-hybridized carbons (Fsp3) is 0.667. The number of aryl methyl sites for hydroxylation is 1. The summed E-state index contributed by atoms with van der Waals surface area (Å²) in [6.45, 7) is 4.35. The second kappa shape index (κ2) is 7.35. The van der Waals surface area contributed by atoms with Crippen LogP contribution in [0.3, 0.4) is 0 Å². The van der Waals surface area contributed by atoms with Gasteiger partial charge in [-0.15, -0.1) is 11.8 Å². The van der Waals surface area contributed by atoms with E-state index in [0.717, 1.165) is 45.0 Å². The summed E-state index contributed by atoms with van der Waals surface area (Å²) in [5.74, 6) is 2.34. The highest BCUT2D eigenvalue weighted by atomic mass is 32.2. The lowest BCUT2D eigenvalue weighted by molar-refractivity contribution is -0.137. The maximum absolute atomic E-state index is 12.4. The first-order chi connectivity index (χ1) is 11.1. The molecule has 0 aliphatic carbocycles. The van der Waals surface area contributed by atoms with Crippen LogP contribution in [-0.4, -0.2) is 80.4 Å². The zero-order chi connectivity index (χ0) is 16.2. The van der Waals surface area contributed by atoms with Crippen LogP contribution in [0.5, 0.6) is 0 Å². The summed E-state index contributed by atoms with van der Waals surface area (Å²) >= 11 is 1.58. The molecular weight excluding hydrogens is 314 g/mol. The van der Waals surface area contributed by atoms with Crippen molar-refractivity contribution in [2.45, 2.75) is 13.0 Å². The molecule has 2 fully saturated rings. The Bertz CT molecular complexity index is 576. The van der Waals surface area contributed by atoms with Crippen molar-refractivity contribution in [3.63, 3.8) is 0 Å². The number of aromatic nitrogens is 2. The number of carbonyl (C=O) groups is 2. The number of hydrogen-bond donors (Lipinski definition) is 0. The second-order valence-corrected chi connectivity index (χ2v) is 6.99. The van der Waals surface area contributed by atoms with Gasteiger partial charge in [0.15, 0.2) is 0 Å². The van der Waals surface area contributed by atoms with E-state index in [1.165, 1.54) is 0 Å². The number of imidazole rings is 1. The third kappa shape index (κ3) is 4.06. The Morgan fingerprint density at radius 1 is 1.30 bits per heavy atom. The van der Waals surface area contributed by atoms with E-state index < -0.39 is 0 Å². The van der Waals surface area contributed by atoms with Crippen LogP contribution in [-0.2, 0) is 23.2 Å². The minimum Gasteiger partial charge on any atom is -0.340 e. The summed E-state index contributed by atoms with van der Waals surface area (Å²) in [6.07, 6.45) is 4.72. The molecule has 0 saturated carbocycles. The molecule has 2 saturated heterocycles. The molecule has 0 atom stereocenters. The van der Waals surface area contributed by atoms with Crippen molar-refractivity contribution in [1.29, 1.82) is 0 Å². The minimum absolute atomic E-state index is 0.0692. The van der Waals surface area contributed by atoms with Crippen molar-refractivity contribution in [3.8, 4) is 0 Å². The SMILES string of the molecule is Cn1ccnc1CN1CCCN(C(=O)CN2CSCC2=O)CC1. The quantitative estimate of drug-likeness (QED) is 0.773. The van der Waals surface area contributed by atoms with Gasteiger partial charge in [-0.2, -0.15) is 0 Å². The molecule has 2 aliphatic heterocycles. The average molecular weight is 337 g/mol. The Labute approximate surface area is 140 Å². The lowest BCUT2D eigenvalue weighted by atomic mass is 10.3. The topological polar surface area (TPSA) is 61.7 Å². The third-order valence-electron chi connectivity index (χ3n) is 4.38. The molecule has 2 amide bonds. The Balaban J connectivity index is 1.50. The van der Waals surface area contributed by atoms with E-state index in [4.69, 9.17) is 0 Å². The number of nitrogens with zero attached hydrogens (tertiary/aromatic N) is 5. The second-order valence-electron chi connectivity index (χ2n) is 6.03. The standard InChI is InChI=1S/C15H23N5O2S/c1-17-6-3-16-13(17)9-18-4-2-5-19(8-7-18)14(21)10-20-12-23-11-15(20)22/h3,6H,2,4-5,7-12H2,1H3. The summed E-state index contributed by atoms with van der Waals surface area (Å²) in [5, 5.41) is 0. The van der Waals surface area contributed by atoms with Crippen LogP contribution in [0.15, 0.2) is 12.4 Å². The molecule has 126 valence electrons. The molecular formula is C15H23N5O2S. The van der Waals surface area contributed by atoms with Crippen molar-refractivity contribution in [3.05, 3.63) is 18.2 Å². The zero-order valence-electron chi connectivity index (χ0n) is 13.5. The largest absolute Gasteiger partial charge is 0.340 e. The first-order valence-electron chi connectivity index (χ1n) is 7.95. The van der Waals surface area contributed by atoms with Gasteiger partial charge in [-0.3, -0.25) is 14.5 Å². The summed E-state index contributed by atoms with van der Waals surface area (Å²) in [7, 11) is 2.00. The van der Waals surface area contributed by atoms with E-state index in [1.54, 1.807) is 16.7 Å². The van der Waals surface area contributed by atoms with Crippen molar-refractivity contribution in [1.82, 2.24) is 24.3 Å². The monoisotopic (exact) mass is 337 g/mol. The van der Waals surface area contributed by atoms with Crippen molar-refractivity contribution in [2.24, 2.45) is 7.05 Å². The third-order valence-corrected chi connectivity index (χ3v) is 5.32. The smallest absolute Gasteiger partial charge is 0.242 e. The molecule has 7 nitrogen and oxygen atoms in total. The fourth-order valence-corrected chi connectivity index (χ4v) is 3.83. The van der Waals surface area contributed by atoms with Crippen LogP contribution in [0.2, 0.25) is 0 Å². The van der Waals surface area contributed by atoms with Crippen LogP contribution < -0.4 is 0 Å². The first kappa shape index (κ1) is 16.3. The van der Waals surface area contributed by atoms with Crippen LogP contribution in [0, 0.1) is 0 Å². The molecule has 1 aromatic heterocycles. The summed E-state index contributed by atoms with van der Waals surface area (Å²) in [4.78, 5) is 34.3. The summed E-state index contributed by atoms with van der Waals surface area (Å²) in [6, 6.07) is 0.